The summed E-state index contributed by atoms with van der Waals surface area (Å²) in [6, 6.07) is 9.55. The van der Waals surface area contributed by atoms with Crippen LogP contribution in [0.15, 0.2) is 41.5 Å². The van der Waals surface area contributed by atoms with E-state index in [0.717, 1.165) is 49.8 Å². The number of Topliss-reactive ketones (excluding diaryl/α,β-unsaturated/α-hetero) is 1. The number of carbonyl (C=O) groups excluding carboxylic acids is 2. The molecule has 0 saturated heterocycles. The Morgan fingerprint density at radius 1 is 0.886 bits per heavy atom. The third-order valence-electron chi connectivity index (χ3n) is 11.5. The van der Waals surface area contributed by atoms with Crippen LogP contribution in [0.4, 0.5) is 10.5 Å². The molecule has 0 spiro atoms. The molecule has 0 aromatic heterocycles. The minimum Gasteiger partial charge on any atom is -0.445 e. The van der Waals surface area contributed by atoms with Gasteiger partial charge < -0.3 is 4.74 Å². The van der Waals surface area contributed by atoms with E-state index in [1.807, 2.05) is 30.3 Å². The van der Waals surface area contributed by atoms with Gasteiger partial charge in [0.25, 0.3) is 0 Å². The number of anilines is 1. The van der Waals surface area contributed by atoms with Gasteiger partial charge in [0.1, 0.15) is 6.10 Å². The lowest BCUT2D eigenvalue weighted by molar-refractivity contribution is -0.199. The topological polar surface area (TPSA) is 55.4 Å². The molecular weight excluding hydrogens is 434 g/mol. The van der Waals surface area contributed by atoms with Crippen LogP contribution >= 0.6 is 0 Å². The molecule has 4 heteroatoms. The fraction of sp³-hybridized carbons (Fsp3) is 0.677. The number of carbonyl (C=O) groups is 2. The zero-order valence-electron chi connectivity index (χ0n) is 22.5. The fourth-order valence-corrected chi connectivity index (χ4v) is 9.59. The largest absolute Gasteiger partial charge is 0.445 e. The molecule has 4 aliphatic carbocycles. The SMILES string of the molecule is CC(=O)C1=C2CC[C@@H]3[C@@]4(C)CC[C@H](OC(=O)Nc5ccccc5)C(C)(C)[C@@H]4CC[C@@]3(C)[C@]2(C)CC1. The van der Waals surface area contributed by atoms with Crippen LogP contribution in [0.1, 0.15) is 92.9 Å². The lowest BCUT2D eigenvalue weighted by atomic mass is 9.36. The van der Waals surface area contributed by atoms with E-state index in [2.05, 4.69) is 39.9 Å². The highest BCUT2D eigenvalue weighted by molar-refractivity contribution is 5.95. The molecule has 190 valence electrons. The van der Waals surface area contributed by atoms with Crippen molar-refractivity contribution in [1.82, 2.24) is 0 Å². The predicted octanol–water partition coefficient (Wildman–Crippen LogP) is 7.94. The molecule has 35 heavy (non-hydrogen) atoms. The van der Waals surface area contributed by atoms with Gasteiger partial charge in [0, 0.05) is 11.1 Å². The molecule has 0 heterocycles. The second kappa shape index (κ2) is 8.21. The lowest BCUT2D eigenvalue weighted by Crippen LogP contribution is -2.63. The highest BCUT2D eigenvalue weighted by Gasteiger charge is 2.67. The Hall–Kier alpha value is -2.10. The first kappa shape index (κ1) is 24.6. The van der Waals surface area contributed by atoms with Gasteiger partial charge in [-0.2, -0.15) is 0 Å². The van der Waals surface area contributed by atoms with E-state index >= 15 is 0 Å². The molecule has 4 aliphatic rings. The molecule has 1 aromatic carbocycles. The Bertz CT molecular complexity index is 1060. The van der Waals surface area contributed by atoms with E-state index in [4.69, 9.17) is 4.74 Å². The van der Waals surface area contributed by atoms with Crippen LogP contribution in [0.2, 0.25) is 0 Å². The van der Waals surface area contributed by atoms with Gasteiger partial charge in [-0.1, -0.05) is 58.4 Å². The first-order valence-corrected chi connectivity index (χ1v) is 13.7. The lowest BCUT2D eigenvalue weighted by Gasteiger charge is -2.69. The Morgan fingerprint density at radius 2 is 1.60 bits per heavy atom. The minimum absolute atomic E-state index is 0.0837. The van der Waals surface area contributed by atoms with Crippen LogP contribution in [0.5, 0.6) is 0 Å². The number of allylic oxidation sites excluding steroid dienone is 2. The zero-order valence-corrected chi connectivity index (χ0v) is 22.5. The number of ether oxygens (including phenoxy) is 1. The molecule has 3 fully saturated rings. The third-order valence-corrected chi connectivity index (χ3v) is 11.5. The van der Waals surface area contributed by atoms with Crippen LogP contribution in [-0.2, 0) is 9.53 Å². The number of ketones is 1. The maximum atomic E-state index is 12.8. The third kappa shape index (κ3) is 3.53. The standard InChI is InChI=1S/C31H43NO3/c1-20(33)22-14-18-30(5)23(22)12-13-25-29(4)17-16-26(28(2,3)24(29)15-19-31(25,30)6)35-27(34)32-21-10-8-7-9-11-21/h7-11,24-26H,12-19H2,1-6H3,(H,32,34)/t24-,25+,26-,29-,30+,31+/m0/s1. The summed E-state index contributed by atoms with van der Waals surface area (Å²) in [6.45, 7) is 14.0. The van der Waals surface area contributed by atoms with Crippen LogP contribution in [0, 0.1) is 33.5 Å². The van der Waals surface area contributed by atoms with E-state index in [-0.39, 0.29) is 33.9 Å². The average molecular weight is 478 g/mol. The van der Waals surface area contributed by atoms with Crippen molar-refractivity contribution in [2.24, 2.45) is 33.5 Å². The smallest absolute Gasteiger partial charge is 0.411 e. The summed E-state index contributed by atoms with van der Waals surface area (Å²) in [6.07, 6.45) is 8.27. The van der Waals surface area contributed by atoms with Crippen molar-refractivity contribution in [2.75, 3.05) is 5.32 Å². The molecule has 3 saturated carbocycles. The van der Waals surface area contributed by atoms with Crippen LogP contribution < -0.4 is 5.32 Å². The van der Waals surface area contributed by atoms with Gasteiger partial charge in [0.15, 0.2) is 5.78 Å². The van der Waals surface area contributed by atoms with E-state index in [0.29, 0.717) is 17.6 Å². The summed E-state index contributed by atoms with van der Waals surface area (Å²) in [4.78, 5) is 25.2. The molecule has 0 bridgehead atoms. The summed E-state index contributed by atoms with van der Waals surface area (Å²) in [5.74, 6) is 1.43. The van der Waals surface area contributed by atoms with Crippen LogP contribution in [-0.4, -0.2) is 18.0 Å². The van der Waals surface area contributed by atoms with Crippen molar-refractivity contribution in [1.29, 1.82) is 0 Å². The number of amides is 1. The molecule has 5 rings (SSSR count). The zero-order chi connectivity index (χ0) is 25.2. The summed E-state index contributed by atoms with van der Waals surface area (Å²) in [7, 11) is 0. The van der Waals surface area contributed by atoms with Crippen LogP contribution in [0.3, 0.4) is 0 Å². The summed E-state index contributed by atoms with van der Waals surface area (Å²) >= 11 is 0. The molecule has 0 radical (unpaired) electrons. The molecule has 6 atom stereocenters. The van der Waals surface area contributed by atoms with E-state index in [1.54, 1.807) is 6.92 Å². The molecule has 1 amide bonds. The van der Waals surface area contributed by atoms with Gasteiger partial charge >= 0.3 is 6.09 Å². The Morgan fingerprint density at radius 3 is 2.29 bits per heavy atom. The Kier molecular flexibility index (Phi) is 5.77. The number of fused-ring (bicyclic) bond motifs is 5. The first-order valence-electron chi connectivity index (χ1n) is 13.7. The van der Waals surface area contributed by atoms with Crippen molar-refractivity contribution in [3.05, 3.63) is 41.5 Å². The van der Waals surface area contributed by atoms with Gasteiger partial charge in [-0.25, -0.2) is 4.79 Å². The number of benzene rings is 1. The molecule has 4 nitrogen and oxygen atoms in total. The van der Waals surface area contributed by atoms with Crippen molar-refractivity contribution >= 4 is 17.6 Å². The molecular formula is C31H43NO3. The normalized spacial score (nSPS) is 39.8. The van der Waals surface area contributed by atoms with Gasteiger partial charge in [-0.15, -0.1) is 0 Å². The number of rotatable bonds is 3. The van der Waals surface area contributed by atoms with E-state index in [1.165, 1.54) is 18.4 Å². The number of para-hydroxylation sites is 1. The molecule has 0 aliphatic heterocycles. The summed E-state index contributed by atoms with van der Waals surface area (Å²) in [5, 5.41) is 2.91. The second-order valence-corrected chi connectivity index (χ2v) is 13.2. The highest BCUT2D eigenvalue weighted by Crippen LogP contribution is 2.74. The van der Waals surface area contributed by atoms with E-state index < -0.39 is 0 Å². The van der Waals surface area contributed by atoms with Crippen molar-refractivity contribution in [3.63, 3.8) is 0 Å². The Labute approximate surface area is 211 Å². The minimum atomic E-state index is -0.346. The van der Waals surface area contributed by atoms with Gasteiger partial charge in [-0.05, 0) is 104 Å². The molecule has 0 unspecified atom stereocenters. The highest BCUT2D eigenvalue weighted by atomic mass is 16.6. The second-order valence-electron chi connectivity index (χ2n) is 13.2. The maximum absolute atomic E-state index is 12.8. The monoisotopic (exact) mass is 477 g/mol. The van der Waals surface area contributed by atoms with Crippen molar-refractivity contribution in [3.8, 4) is 0 Å². The number of hydrogen-bond acceptors (Lipinski definition) is 3. The van der Waals surface area contributed by atoms with Crippen LogP contribution in [0.25, 0.3) is 0 Å². The van der Waals surface area contributed by atoms with Gasteiger partial charge in [0.2, 0.25) is 0 Å². The average Bonchev–Trinajstić information content (AvgIpc) is 3.15. The predicted molar refractivity (Wildman–Crippen MR) is 140 cm³/mol. The Balaban J connectivity index is 1.39. The maximum Gasteiger partial charge on any atom is 0.411 e. The summed E-state index contributed by atoms with van der Waals surface area (Å²) < 4.78 is 6.10. The number of hydrogen-bond donors (Lipinski definition) is 1. The molecule has 1 aromatic rings. The van der Waals surface area contributed by atoms with Crippen molar-refractivity contribution in [2.45, 2.75) is 99.0 Å². The summed E-state index contributed by atoms with van der Waals surface area (Å²) in [5.41, 5.74) is 3.89. The fourth-order valence-electron chi connectivity index (χ4n) is 9.59. The van der Waals surface area contributed by atoms with Gasteiger partial charge in [0.05, 0.1) is 0 Å². The van der Waals surface area contributed by atoms with Crippen molar-refractivity contribution < 1.29 is 14.3 Å². The van der Waals surface area contributed by atoms with Gasteiger partial charge in [-0.3, -0.25) is 10.1 Å². The van der Waals surface area contributed by atoms with E-state index in [9.17, 15) is 9.59 Å². The first-order chi connectivity index (χ1) is 16.4. The number of nitrogens with one attached hydrogen (secondary N) is 1. The molecule has 1 N–H and O–H groups in total. The quantitative estimate of drug-likeness (QED) is 0.481.